The van der Waals surface area contributed by atoms with E-state index in [1.165, 1.54) is 11.1 Å². The van der Waals surface area contributed by atoms with Crippen molar-refractivity contribution >= 4 is 0 Å². The molecule has 94 valence electrons. The lowest BCUT2D eigenvalue weighted by Crippen LogP contribution is -2.16. The topological polar surface area (TPSA) is 30.5 Å². The number of hydrogen-bond acceptors (Lipinski definition) is 3. The second-order valence-corrected chi connectivity index (χ2v) is 4.35. The summed E-state index contributed by atoms with van der Waals surface area (Å²) < 4.78 is 11.2. The Morgan fingerprint density at radius 2 is 2.18 bits per heavy atom. The molecule has 0 saturated carbocycles. The predicted molar refractivity (Wildman–Crippen MR) is 67.8 cm³/mol. The highest BCUT2D eigenvalue weighted by molar-refractivity contribution is 5.26. The van der Waals surface area contributed by atoms with Gasteiger partial charge < -0.3 is 14.8 Å². The second kappa shape index (κ2) is 6.74. The van der Waals surface area contributed by atoms with Gasteiger partial charge >= 0.3 is 0 Å². The van der Waals surface area contributed by atoms with Crippen LogP contribution in [0, 0.1) is 0 Å². The summed E-state index contributed by atoms with van der Waals surface area (Å²) in [6.45, 7) is 6.30. The van der Waals surface area contributed by atoms with Gasteiger partial charge in [-0.1, -0.05) is 31.2 Å². The number of benzene rings is 1. The molecule has 2 rings (SSSR count). The van der Waals surface area contributed by atoms with Crippen molar-refractivity contribution < 1.29 is 9.47 Å². The summed E-state index contributed by atoms with van der Waals surface area (Å²) in [6, 6.07) is 8.45. The molecule has 17 heavy (non-hydrogen) atoms. The van der Waals surface area contributed by atoms with Crippen LogP contribution in [0.15, 0.2) is 24.3 Å². The molecule has 1 aromatic carbocycles. The van der Waals surface area contributed by atoms with E-state index in [4.69, 9.17) is 9.47 Å². The van der Waals surface area contributed by atoms with Crippen LogP contribution in [-0.4, -0.2) is 25.9 Å². The molecule has 1 unspecified atom stereocenters. The first kappa shape index (κ1) is 12.6. The van der Waals surface area contributed by atoms with Gasteiger partial charge in [0.25, 0.3) is 0 Å². The standard InChI is InChI=1S/C14H21NO2/c1-2-15-9-12-5-3-4-6-13(12)10-17-14-7-8-16-11-14/h3-6,14-15H,2,7-11H2,1H3. The third-order valence-corrected chi connectivity index (χ3v) is 3.05. The van der Waals surface area contributed by atoms with Crippen molar-refractivity contribution in [2.75, 3.05) is 19.8 Å². The Hall–Kier alpha value is -0.900. The average molecular weight is 235 g/mol. The molecule has 0 aromatic heterocycles. The minimum Gasteiger partial charge on any atom is -0.379 e. The molecule has 0 bridgehead atoms. The maximum absolute atomic E-state index is 5.86. The van der Waals surface area contributed by atoms with Gasteiger partial charge in [0.2, 0.25) is 0 Å². The van der Waals surface area contributed by atoms with Crippen molar-refractivity contribution in [2.24, 2.45) is 0 Å². The summed E-state index contributed by atoms with van der Waals surface area (Å²) in [5.74, 6) is 0. The van der Waals surface area contributed by atoms with E-state index in [1.807, 2.05) is 0 Å². The van der Waals surface area contributed by atoms with Gasteiger partial charge in [-0.3, -0.25) is 0 Å². The van der Waals surface area contributed by atoms with Gasteiger partial charge in [0.05, 0.1) is 19.3 Å². The van der Waals surface area contributed by atoms with Crippen LogP contribution >= 0.6 is 0 Å². The largest absolute Gasteiger partial charge is 0.379 e. The first-order valence-electron chi connectivity index (χ1n) is 6.37. The van der Waals surface area contributed by atoms with E-state index in [1.54, 1.807) is 0 Å². The number of hydrogen-bond donors (Lipinski definition) is 1. The zero-order valence-electron chi connectivity index (χ0n) is 10.4. The fourth-order valence-corrected chi connectivity index (χ4v) is 1.98. The molecule has 1 heterocycles. The molecular formula is C14H21NO2. The molecule has 1 N–H and O–H groups in total. The monoisotopic (exact) mass is 235 g/mol. The predicted octanol–water partition coefficient (Wildman–Crippen LogP) is 2.10. The summed E-state index contributed by atoms with van der Waals surface area (Å²) in [6.07, 6.45) is 1.30. The van der Waals surface area contributed by atoms with Crippen LogP contribution in [0.2, 0.25) is 0 Å². The van der Waals surface area contributed by atoms with Crippen molar-refractivity contribution in [3.8, 4) is 0 Å². The molecule has 3 heteroatoms. The second-order valence-electron chi connectivity index (χ2n) is 4.35. The van der Waals surface area contributed by atoms with Gasteiger partial charge in [-0.2, -0.15) is 0 Å². The van der Waals surface area contributed by atoms with E-state index < -0.39 is 0 Å². The van der Waals surface area contributed by atoms with Gasteiger partial charge in [-0.05, 0) is 24.1 Å². The van der Waals surface area contributed by atoms with Gasteiger partial charge in [0, 0.05) is 13.2 Å². The van der Waals surface area contributed by atoms with Crippen LogP contribution in [0.25, 0.3) is 0 Å². The van der Waals surface area contributed by atoms with Gasteiger partial charge in [0.15, 0.2) is 0 Å². The van der Waals surface area contributed by atoms with Crippen LogP contribution in [0.1, 0.15) is 24.5 Å². The van der Waals surface area contributed by atoms with E-state index in [2.05, 4.69) is 36.5 Å². The fourth-order valence-electron chi connectivity index (χ4n) is 1.98. The maximum Gasteiger partial charge on any atom is 0.0834 e. The smallest absolute Gasteiger partial charge is 0.0834 e. The number of rotatable bonds is 6. The van der Waals surface area contributed by atoms with Gasteiger partial charge in [-0.25, -0.2) is 0 Å². The van der Waals surface area contributed by atoms with Crippen molar-refractivity contribution in [1.82, 2.24) is 5.32 Å². The third kappa shape index (κ3) is 3.80. The minimum absolute atomic E-state index is 0.280. The Balaban J connectivity index is 1.89. The third-order valence-electron chi connectivity index (χ3n) is 3.05. The van der Waals surface area contributed by atoms with Crippen molar-refractivity contribution in [3.05, 3.63) is 35.4 Å². The van der Waals surface area contributed by atoms with Crippen LogP contribution in [0.3, 0.4) is 0 Å². The maximum atomic E-state index is 5.86. The zero-order valence-corrected chi connectivity index (χ0v) is 10.4. The summed E-state index contributed by atoms with van der Waals surface area (Å²) in [5.41, 5.74) is 2.61. The molecule has 1 aliphatic rings. The van der Waals surface area contributed by atoms with Crippen LogP contribution < -0.4 is 5.32 Å². The number of nitrogens with one attached hydrogen (secondary N) is 1. The first-order valence-corrected chi connectivity index (χ1v) is 6.37. The summed E-state index contributed by atoms with van der Waals surface area (Å²) in [4.78, 5) is 0. The quantitative estimate of drug-likeness (QED) is 0.819. The Morgan fingerprint density at radius 3 is 2.88 bits per heavy atom. The van der Waals surface area contributed by atoms with Gasteiger partial charge in [0.1, 0.15) is 0 Å². The van der Waals surface area contributed by atoms with E-state index >= 15 is 0 Å². The Morgan fingerprint density at radius 1 is 1.35 bits per heavy atom. The highest BCUT2D eigenvalue weighted by Crippen LogP contribution is 2.14. The molecule has 0 spiro atoms. The van der Waals surface area contributed by atoms with E-state index in [-0.39, 0.29) is 6.10 Å². The highest BCUT2D eigenvalue weighted by atomic mass is 16.5. The SMILES string of the molecule is CCNCc1ccccc1COC1CCOC1. The molecule has 1 atom stereocenters. The van der Waals surface area contributed by atoms with E-state index in [0.717, 1.165) is 32.7 Å². The minimum atomic E-state index is 0.280. The first-order chi connectivity index (χ1) is 8.40. The molecule has 0 aliphatic carbocycles. The molecule has 1 fully saturated rings. The molecular weight excluding hydrogens is 214 g/mol. The zero-order chi connectivity index (χ0) is 11.9. The lowest BCUT2D eigenvalue weighted by molar-refractivity contribution is 0.0314. The Bertz CT molecular complexity index is 335. The van der Waals surface area contributed by atoms with Crippen molar-refractivity contribution in [1.29, 1.82) is 0 Å². The molecule has 0 amide bonds. The summed E-state index contributed by atoms with van der Waals surface area (Å²) in [7, 11) is 0. The summed E-state index contributed by atoms with van der Waals surface area (Å²) >= 11 is 0. The lowest BCUT2D eigenvalue weighted by atomic mass is 10.1. The normalized spacial score (nSPS) is 19.7. The van der Waals surface area contributed by atoms with Crippen LogP contribution in [-0.2, 0) is 22.6 Å². The van der Waals surface area contributed by atoms with E-state index in [0.29, 0.717) is 6.61 Å². The Labute approximate surface area is 103 Å². The van der Waals surface area contributed by atoms with Crippen molar-refractivity contribution in [3.63, 3.8) is 0 Å². The molecule has 0 radical (unpaired) electrons. The molecule has 1 aromatic rings. The number of ether oxygens (including phenoxy) is 2. The molecule has 1 saturated heterocycles. The Kier molecular flexibility index (Phi) is 4.98. The lowest BCUT2D eigenvalue weighted by Gasteiger charge is -2.13. The molecule has 3 nitrogen and oxygen atoms in total. The van der Waals surface area contributed by atoms with Gasteiger partial charge in [-0.15, -0.1) is 0 Å². The molecule has 1 aliphatic heterocycles. The van der Waals surface area contributed by atoms with E-state index in [9.17, 15) is 0 Å². The highest BCUT2D eigenvalue weighted by Gasteiger charge is 2.16. The van der Waals surface area contributed by atoms with Crippen LogP contribution in [0.4, 0.5) is 0 Å². The van der Waals surface area contributed by atoms with Crippen molar-refractivity contribution in [2.45, 2.75) is 32.6 Å². The fraction of sp³-hybridized carbons (Fsp3) is 0.571. The van der Waals surface area contributed by atoms with Crippen LogP contribution in [0.5, 0.6) is 0 Å². The summed E-state index contributed by atoms with van der Waals surface area (Å²) in [5, 5.41) is 3.35. The average Bonchev–Trinajstić information content (AvgIpc) is 2.88.